The minimum absolute atomic E-state index is 0.00102. The van der Waals surface area contributed by atoms with Crippen molar-refractivity contribution < 1.29 is 19.2 Å². The van der Waals surface area contributed by atoms with Crippen LogP contribution in [-0.4, -0.2) is 47.7 Å². The highest BCUT2D eigenvalue weighted by Crippen LogP contribution is 2.29. The average molecular weight is 370 g/mol. The summed E-state index contributed by atoms with van der Waals surface area (Å²) in [7, 11) is 0. The van der Waals surface area contributed by atoms with Gasteiger partial charge in [0.1, 0.15) is 6.04 Å². The van der Waals surface area contributed by atoms with Gasteiger partial charge in [0.05, 0.1) is 0 Å². The van der Waals surface area contributed by atoms with E-state index in [4.69, 9.17) is 0 Å². The normalized spacial score (nSPS) is 23.2. The molecule has 8 nitrogen and oxygen atoms in total. The Balaban J connectivity index is 1.46. The molecule has 3 aliphatic heterocycles. The number of nitrogens with one attached hydrogen (secondary N) is 3. The Morgan fingerprint density at radius 3 is 2.63 bits per heavy atom. The fourth-order valence-electron chi connectivity index (χ4n) is 3.98. The topological polar surface area (TPSA) is 108 Å². The lowest BCUT2D eigenvalue weighted by atomic mass is 9.97. The molecule has 0 aliphatic carbocycles. The van der Waals surface area contributed by atoms with Crippen molar-refractivity contribution in [2.45, 2.75) is 38.3 Å². The van der Waals surface area contributed by atoms with E-state index in [1.54, 1.807) is 18.2 Å². The first kappa shape index (κ1) is 17.7. The zero-order chi connectivity index (χ0) is 19.0. The number of fused-ring (bicyclic) bond motifs is 1. The quantitative estimate of drug-likeness (QED) is 0.667. The summed E-state index contributed by atoms with van der Waals surface area (Å²) >= 11 is 0. The van der Waals surface area contributed by atoms with Crippen molar-refractivity contribution in [3.8, 4) is 0 Å². The standard InChI is InChI=1S/C19H22N4O4/c24-16-4-3-15(18(26)22-16)23-10-12-9-13(1-2-14(12)19(23)27)21-17(25)11-5-7-20-8-6-11/h1-2,9,11,15,20H,3-8,10H2,(H,21,25)(H,22,24,26). The van der Waals surface area contributed by atoms with Crippen LogP contribution in [0.2, 0.25) is 0 Å². The molecule has 1 unspecified atom stereocenters. The number of carbonyl (C=O) groups excluding carboxylic acids is 4. The third-order valence-electron chi connectivity index (χ3n) is 5.50. The van der Waals surface area contributed by atoms with Gasteiger partial charge in [0.2, 0.25) is 17.7 Å². The molecule has 0 bridgehead atoms. The highest BCUT2D eigenvalue weighted by Gasteiger charge is 2.39. The highest BCUT2D eigenvalue weighted by molar-refractivity contribution is 6.05. The van der Waals surface area contributed by atoms with Gasteiger partial charge in [-0.3, -0.25) is 24.5 Å². The Hall–Kier alpha value is -2.74. The number of piperidine rings is 2. The van der Waals surface area contributed by atoms with Crippen molar-refractivity contribution >= 4 is 29.3 Å². The van der Waals surface area contributed by atoms with Crippen LogP contribution >= 0.6 is 0 Å². The Labute approximate surface area is 156 Å². The summed E-state index contributed by atoms with van der Waals surface area (Å²) in [6.07, 6.45) is 2.20. The molecule has 1 aromatic rings. The minimum Gasteiger partial charge on any atom is -0.326 e. The molecule has 2 fully saturated rings. The van der Waals surface area contributed by atoms with Gasteiger partial charge in [-0.15, -0.1) is 0 Å². The van der Waals surface area contributed by atoms with E-state index in [0.29, 0.717) is 24.2 Å². The van der Waals surface area contributed by atoms with Gasteiger partial charge in [-0.25, -0.2) is 0 Å². The van der Waals surface area contributed by atoms with Gasteiger partial charge >= 0.3 is 0 Å². The van der Waals surface area contributed by atoms with E-state index in [0.717, 1.165) is 31.5 Å². The minimum atomic E-state index is -0.629. The Morgan fingerprint density at radius 1 is 1.11 bits per heavy atom. The maximum atomic E-state index is 12.7. The zero-order valence-electron chi connectivity index (χ0n) is 14.9. The number of rotatable bonds is 3. The Kier molecular flexibility index (Phi) is 4.65. The fraction of sp³-hybridized carbons (Fsp3) is 0.474. The molecular formula is C19H22N4O4. The smallest absolute Gasteiger partial charge is 0.255 e. The van der Waals surface area contributed by atoms with E-state index in [1.807, 2.05) is 0 Å². The third-order valence-corrected chi connectivity index (χ3v) is 5.50. The number of hydrogen-bond acceptors (Lipinski definition) is 5. The molecule has 3 heterocycles. The van der Waals surface area contributed by atoms with Crippen LogP contribution in [0, 0.1) is 5.92 Å². The van der Waals surface area contributed by atoms with E-state index in [1.165, 1.54) is 4.90 Å². The molecule has 0 saturated carbocycles. The van der Waals surface area contributed by atoms with Crippen LogP contribution in [-0.2, 0) is 20.9 Å². The third kappa shape index (κ3) is 3.44. The number of nitrogens with zero attached hydrogens (tertiary/aromatic N) is 1. The van der Waals surface area contributed by atoms with E-state index in [-0.39, 0.29) is 30.1 Å². The van der Waals surface area contributed by atoms with Gasteiger partial charge in [0, 0.05) is 30.1 Å². The van der Waals surface area contributed by atoms with Gasteiger partial charge in [-0.2, -0.15) is 0 Å². The molecule has 3 N–H and O–H groups in total. The first-order valence-electron chi connectivity index (χ1n) is 9.32. The number of imide groups is 1. The second kappa shape index (κ2) is 7.11. The van der Waals surface area contributed by atoms with Crippen LogP contribution in [0.25, 0.3) is 0 Å². The fourth-order valence-corrected chi connectivity index (χ4v) is 3.98. The molecule has 0 spiro atoms. The summed E-state index contributed by atoms with van der Waals surface area (Å²) in [5.41, 5.74) is 1.99. The molecule has 1 aromatic carbocycles. The number of hydrogen-bond donors (Lipinski definition) is 3. The van der Waals surface area contributed by atoms with Gasteiger partial charge < -0.3 is 15.5 Å². The number of amides is 4. The molecule has 142 valence electrons. The van der Waals surface area contributed by atoms with Gasteiger partial charge in [-0.05, 0) is 56.1 Å². The number of benzene rings is 1. The molecule has 4 amide bonds. The molecule has 0 radical (unpaired) electrons. The lowest BCUT2D eigenvalue weighted by Crippen LogP contribution is -2.52. The lowest BCUT2D eigenvalue weighted by molar-refractivity contribution is -0.137. The SMILES string of the molecule is O=C1CCC(N2Cc3cc(NC(=O)C4CCNCC4)ccc3C2=O)C(=O)N1. The van der Waals surface area contributed by atoms with E-state index >= 15 is 0 Å². The van der Waals surface area contributed by atoms with Crippen molar-refractivity contribution in [3.63, 3.8) is 0 Å². The van der Waals surface area contributed by atoms with E-state index in [9.17, 15) is 19.2 Å². The molecule has 4 rings (SSSR count). The number of anilines is 1. The van der Waals surface area contributed by atoms with Crippen LogP contribution < -0.4 is 16.0 Å². The zero-order valence-corrected chi connectivity index (χ0v) is 14.9. The largest absolute Gasteiger partial charge is 0.326 e. The van der Waals surface area contributed by atoms with Crippen LogP contribution in [0.1, 0.15) is 41.6 Å². The van der Waals surface area contributed by atoms with Crippen molar-refractivity contribution in [2.75, 3.05) is 18.4 Å². The maximum Gasteiger partial charge on any atom is 0.255 e. The predicted octanol–water partition coefficient (Wildman–Crippen LogP) is 0.386. The monoisotopic (exact) mass is 370 g/mol. The Bertz CT molecular complexity index is 816. The Morgan fingerprint density at radius 2 is 1.89 bits per heavy atom. The van der Waals surface area contributed by atoms with Crippen molar-refractivity contribution in [3.05, 3.63) is 29.3 Å². The first-order chi connectivity index (χ1) is 13.0. The summed E-state index contributed by atoms with van der Waals surface area (Å²) in [6, 6.07) is 4.60. The van der Waals surface area contributed by atoms with Crippen molar-refractivity contribution in [2.24, 2.45) is 5.92 Å². The second-order valence-corrected chi connectivity index (χ2v) is 7.29. The van der Waals surface area contributed by atoms with Crippen molar-refractivity contribution in [1.82, 2.24) is 15.5 Å². The molecular weight excluding hydrogens is 348 g/mol. The summed E-state index contributed by atoms with van der Waals surface area (Å²) in [6.45, 7) is 1.99. The van der Waals surface area contributed by atoms with E-state index in [2.05, 4.69) is 16.0 Å². The van der Waals surface area contributed by atoms with Crippen LogP contribution in [0.15, 0.2) is 18.2 Å². The molecule has 1 atom stereocenters. The number of carbonyl (C=O) groups is 4. The summed E-state index contributed by atoms with van der Waals surface area (Å²) in [5, 5.41) is 8.48. The highest BCUT2D eigenvalue weighted by atomic mass is 16.2. The summed E-state index contributed by atoms with van der Waals surface area (Å²) < 4.78 is 0. The van der Waals surface area contributed by atoms with Crippen LogP contribution in [0.5, 0.6) is 0 Å². The van der Waals surface area contributed by atoms with Crippen LogP contribution in [0.3, 0.4) is 0 Å². The molecule has 8 heteroatoms. The average Bonchev–Trinajstić information content (AvgIpc) is 2.98. The lowest BCUT2D eigenvalue weighted by Gasteiger charge is -2.29. The molecule has 0 aromatic heterocycles. The van der Waals surface area contributed by atoms with Gasteiger partial charge in [0.25, 0.3) is 5.91 Å². The van der Waals surface area contributed by atoms with Gasteiger partial charge in [0.15, 0.2) is 0 Å². The van der Waals surface area contributed by atoms with Crippen LogP contribution in [0.4, 0.5) is 5.69 Å². The summed E-state index contributed by atoms with van der Waals surface area (Å²) in [4.78, 5) is 50.0. The molecule has 3 aliphatic rings. The molecule has 2 saturated heterocycles. The first-order valence-corrected chi connectivity index (χ1v) is 9.32. The maximum absolute atomic E-state index is 12.7. The van der Waals surface area contributed by atoms with Gasteiger partial charge in [-0.1, -0.05) is 0 Å². The van der Waals surface area contributed by atoms with E-state index < -0.39 is 11.9 Å². The second-order valence-electron chi connectivity index (χ2n) is 7.29. The summed E-state index contributed by atoms with van der Waals surface area (Å²) in [5.74, 6) is -0.935. The molecule has 27 heavy (non-hydrogen) atoms. The van der Waals surface area contributed by atoms with Crippen molar-refractivity contribution in [1.29, 1.82) is 0 Å². The predicted molar refractivity (Wildman–Crippen MR) is 96.7 cm³/mol.